The van der Waals surface area contributed by atoms with Crippen molar-refractivity contribution in [2.24, 2.45) is 10.5 Å². The van der Waals surface area contributed by atoms with Crippen LogP contribution in [0.1, 0.15) is 0 Å². The highest BCUT2D eigenvalue weighted by molar-refractivity contribution is 14.2. The summed E-state index contributed by atoms with van der Waals surface area (Å²) in [5, 5.41) is 5.50. The van der Waals surface area contributed by atoms with E-state index < -0.39 is 0 Å². The predicted molar refractivity (Wildman–Crippen MR) is 96.4 cm³/mol. The van der Waals surface area contributed by atoms with Crippen molar-refractivity contribution in [1.29, 1.82) is 0 Å². The molecule has 1 aromatic carbocycles. The van der Waals surface area contributed by atoms with Crippen LogP contribution in [0.4, 0.5) is 0 Å². The quantitative estimate of drug-likeness (QED) is 0.347. The molecule has 0 radical (unpaired) electrons. The van der Waals surface area contributed by atoms with Gasteiger partial charge in [-0.25, -0.2) is 4.68 Å². The number of fused-ring (bicyclic) bond motifs is 1. The molecule has 8 heteroatoms. The lowest BCUT2D eigenvalue weighted by Gasteiger charge is -2.06. The van der Waals surface area contributed by atoms with E-state index in [4.69, 9.17) is 5.73 Å². The molecular formula is C12H12IN4OPS. The van der Waals surface area contributed by atoms with Crippen molar-refractivity contribution < 1.29 is 0 Å². The minimum atomic E-state index is -0.167. The number of nitrogens with two attached hydrogens (primary N) is 1. The van der Waals surface area contributed by atoms with Gasteiger partial charge in [-0.15, -0.1) is 12.6 Å². The van der Waals surface area contributed by atoms with Crippen molar-refractivity contribution in [2.75, 3.05) is 0 Å². The van der Waals surface area contributed by atoms with Gasteiger partial charge in [0.25, 0.3) is 5.56 Å². The molecule has 0 aliphatic rings. The second kappa shape index (κ2) is 7.19. The summed E-state index contributed by atoms with van der Waals surface area (Å²) in [5.74, 6) is 0. The van der Waals surface area contributed by atoms with Crippen molar-refractivity contribution in [1.82, 2.24) is 9.78 Å². The molecule has 2 aromatic rings. The predicted octanol–water partition coefficient (Wildman–Crippen LogP) is 2.54. The molecule has 2 rings (SSSR count). The topological polar surface area (TPSA) is 73.3 Å². The van der Waals surface area contributed by atoms with Crippen molar-refractivity contribution in [3.8, 4) is 0 Å². The van der Waals surface area contributed by atoms with Gasteiger partial charge in [-0.3, -0.25) is 9.56 Å². The van der Waals surface area contributed by atoms with Crippen LogP contribution in [0.2, 0.25) is 0 Å². The molecule has 1 atom stereocenters. The molecular weight excluding hydrogens is 406 g/mol. The summed E-state index contributed by atoms with van der Waals surface area (Å²) < 4.78 is 5.39. The van der Waals surface area contributed by atoms with E-state index in [1.807, 2.05) is 6.07 Å². The molecule has 0 aliphatic carbocycles. The number of hydrogen-bond acceptors (Lipinski definition) is 5. The van der Waals surface area contributed by atoms with Crippen molar-refractivity contribution >= 4 is 58.0 Å². The molecule has 0 bridgehead atoms. The Kier molecular flexibility index (Phi) is 5.56. The molecule has 0 saturated carbocycles. The Bertz CT molecular complexity index is 744. The number of allylic oxidation sites excluding steroid dienone is 2. The third-order valence-corrected chi connectivity index (χ3v) is 3.94. The Morgan fingerprint density at radius 1 is 1.60 bits per heavy atom. The van der Waals surface area contributed by atoms with Crippen LogP contribution < -0.4 is 11.3 Å². The van der Waals surface area contributed by atoms with Crippen LogP contribution in [-0.2, 0) is 6.54 Å². The molecule has 0 aliphatic heterocycles. The average Bonchev–Trinajstić information content (AvgIpc) is 2.42. The number of rotatable bonds is 4. The fraction of sp³-hybridized carbons (Fsp3) is 0.0833. The van der Waals surface area contributed by atoms with Crippen molar-refractivity contribution in [3.63, 3.8) is 0 Å². The zero-order valence-corrected chi connectivity index (χ0v) is 14.4. The fourth-order valence-electron chi connectivity index (χ4n) is 1.67. The first-order chi connectivity index (χ1) is 9.61. The molecule has 0 amide bonds. The molecule has 0 saturated heterocycles. The zero-order valence-electron chi connectivity index (χ0n) is 10.3. The summed E-state index contributed by atoms with van der Waals surface area (Å²) in [4.78, 5) is 13.1. The second-order valence-corrected chi connectivity index (χ2v) is 6.37. The Hall–Kier alpha value is -0.920. The number of thiol groups is 1. The monoisotopic (exact) mass is 418 g/mol. The van der Waals surface area contributed by atoms with Crippen molar-refractivity contribution in [2.45, 2.75) is 11.4 Å². The van der Waals surface area contributed by atoms with E-state index >= 15 is 0 Å². The molecule has 5 nitrogen and oxygen atoms in total. The number of nitrogens with zero attached hydrogens (tertiary/aromatic N) is 3. The SMILES string of the molecule is N/C(=C\C=N\PI)Cn1ncc2cc(S)ccc2c1=O. The Balaban J connectivity index is 2.34. The zero-order chi connectivity index (χ0) is 14.5. The van der Waals surface area contributed by atoms with Crippen LogP contribution in [-0.4, -0.2) is 16.0 Å². The molecule has 20 heavy (non-hydrogen) atoms. The Morgan fingerprint density at radius 2 is 2.40 bits per heavy atom. The molecule has 0 spiro atoms. The Morgan fingerprint density at radius 3 is 3.15 bits per heavy atom. The largest absolute Gasteiger partial charge is 0.400 e. The summed E-state index contributed by atoms with van der Waals surface area (Å²) in [6, 6.07) is 5.34. The normalized spacial score (nSPS) is 13.0. The fourth-order valence-corrected chi connectivity index (χ4v) is 2.50. The van der Waals surface area contributed by atoms with Gasteiger partial charge in [-0.2, -0.15) is 5.10 Å². The van der Waals surface area contributed by atoms with E-state index in [0.717, 1.165) is 10.3 Å². The first-order valence-electron chi connectivity index (χ1n) is 5.64. The van der Waals surface area contributed by atoms with Crippen LogP contribution in [0.25, 0.3) is 10.8 Å². The van der Waals surface area contributed by atoms with Gasteiger partial charge < -0.3 is 5.73 Å². The van der Waals surface area contributed by atoms with Crippen LogP contribution in [0.15, 0.2) is 50.6 Å². The minimum absolute atomic E-state index is 0.167. The van der Waals surface area contributed by atoms with E-state index in [2.05, 4.69) is 44.5 Å². The van der Waals surface area contributed by atoms with Crippen LogP contribution in [0.3, 0.4) is 0 Å². The molecule has 1 aromatic heterocycles. The molecule has 0 fully saturated rings. The molecule has 1 heterocycles. The lowest BCUT2D eigenvalue weighted by atomic mass is 10.2. The summed E-state index contributed by atoms with van der Waals surface area (Å²) in [6.45, 7) is 0.244. The third kappa shape index (κ3) is 3.80. The number of halogens is 1. The number of hydrogen-bond donors (Lipinski definition) is 2. The van der Waals surface area contributed by atoms with Gasteiger partial charge in [0.2, 0.25) is 0 Å². The molecule has 1 unspecified atom stereocenters. The lowest BCUT2D eigenvalue weighted by molar-refractivity contribution is 0.635. The summed E-state index contributed by atoms with van der Waals surface area (Å²) in [7, 11) is 0. The van der Waals surface area contributed by atoms with Gasteiger partial charge in [-0.05, 0) is 46.3 Å². The summed E-state index contributed by atoms with van der Waals surface area (Å²) >= 11 is 6.40. The second-order valence-electron chi connectivity index (χ2n) is 3.98. The first kappa shape index (κ1) is 15.5. The summed E-state index contributed by atoms with van der Waals surface area (Å²) in [6.07, 6.45) is 5.42. The van der Waals surface area contributed by atoms with Gasteiger partial charge in [0.1, 0.15) is 0 Å². The smallest absolute Gasteiger partial charge is 0.274 e. The first-order valence-corrected chi connectivity index (χ1v) is 10.1. The lowest BCUT2D eigenvalue weighted by Crippen LogP contribution is -2.25. The highest BCUT2D eigenvalue weighted by Gasteiger charge is 2.04. The average molecular weight is 418 g/mol. The van der Waals surface area contributed by atoms with E-state index in [1.165, 1.54) is 4.68 Å². The van der Waals surface area contributed by atoms with Gasteiger partial charge in [0, 0.05) is 22.2 Å². The van der Waals surface area contributed by atoms with E-state index in [-0.39, 0.29) is 12.1 Å². The van der Waals surface area contributed by atoms with Gasteiger partial charge in [-0.1, -0.05) is 0 Å². The highest BCUT2D eigenvalue weighted by atomic mass is 127. The maximum atomic E-state index is 12.3. The standard InChI is InChI=1S/C12H12IN4OPS/c13-19-16-4-3-9(14)7-17-12(18)11-2-1-10(20)5-8(11)6-15-17/h1-6,19-20H,7,14H2/b9-3-,16-4+. The van der Waals surface area contributed by atoms with Crippen molar-refractivity contribution in [3.05, 3.63) is 46.5 Å². The molecule has 2 N–H and O–H groups in total. The van der Waals surface area contributed by atoms with Gasteiger partial charge in [0.05, 0.1) is 24.5 Å². The third-order valence-electron chi connectivity index (χ3n) is 2.58. The molecule has 104 valence electrons. The maximum Gasteiger partial charge on any atom is 0.274 e. The minimum Gasteiger partial charge on any atom is -0.400 e. The maximum absolute atomic E-state index is 12.3. The number of aromatic nitrogens is 2. The number of benzene rings is 1. The van der Waals surface area contributed by atoms with E-state index in [9.17, 15) is 4.79 Å². The van der Waals surface area contributed by atoms with Crippen LogP contribution >= 0.6 is 41.0 Å². The summed E-state index contributed by atoms with van der Waals surface area (Å²) in [5.41, 5.74) is 6.21. The van der Waals surface area contributed by atoms with E-state index in [0.29, 0.717) is 17.5 Å². The van der Waals surface area contributed by atoms with Gasteiger partial charge in [0.15, 0.2) is 0 Å². The van der Waals surface area contributed by atoms with Crippen LogP contribution in [0.5, 0.6) is 0 Å². The van der Waals surface area contributed by atoms with Crippen LogP contribution in [0, 0.1) is 0 Å². The van der Waals surface area contributed by atoms with Gasteiger partial charge >= 0.3 is 0 Å². The van der Waals surface area contributed by atoms with E-state index in [1.54, 1.807) is 30.6 Å². The Labute approximate surface area is 136 Å². The highest BCUT2D eigenvalue weighted by Crippen LogP contribution is 2.20.